The summed E-state index contributed by atoms with van der Waals surface area (Å²) in [5.74, 6) is -1.84. The number of aliphatic hydroxyl groups excluding tert-OH is 1. The Balaban J connectivity index is 1.40. The number of rotatable bonds is 13. The highest BCUT2D eigenvalue weighted by Gasteiger charge is 2.61. The SMILES string of the molecule is COP(=O)(OC)OC[C@@H](O)C[C@]1(N(C)C(=O)NCc2cccc(F)c2F)SC1COC(=O)Nc1cc2ccccc2cn1. The molecule has 1 aromatic heterocycles. The predicted molar refractivity (Wildman–Crippen MR) is 155 cm³/mol. The lowest BCUT2D eigenvalue weighted by Gasteiger charge is -2.30. The first-order valence-electron chi connectivity index (χ1n) is 13.0. The lowest BCUT2D eigenvalue weighted by atomic mass is 10.1. The lowest BCUT2D eigenvalue weighted by molar-refractivity contribution is 0.0502. The van der Waals surface area contributed by atoms with Crippen LogP contribution in [0.3, 0.4) is 0 Å². The number of carbonyl (C=O) groups excluding carboxylic acids is 2. The number of phosphoric ester groups is 1. The van der Waals surface area contributed by atoms with Gasteiger partial charge in [-0.25, -0.2) is 27.9 Å². The Hall–Kier alpha value is -3.33. The van der Waals surface area contributed by atoms with Gasteiger partial charge in [0.1, 0.15) is 17.3 Å². The first kappa shape index (κ1) is 32.6. The normalized spacial score (nSPS) is 18.6. The van der Waals surface area contributed by atoms with Crippen molar-refractivity contribution in [1.82, 2.24) is 15.2 Å². The summed E-state index contributed by atoms with van der Waals surface area (Å²) in [5.41, 5.74) is -0.0542. The van der Waals surface area contributed by atoms with Crippen molar-refractivity contribution in [3.63, 3.8) is 0 Å². The van der Waals surface area contributed by atoms with Gasteiger partial charge < -0.3 is 20.1 Å². The first-order chi connectivity index (χ1) is 20.5. The van der Waals surface area contributed by atoms with Crippen molar-refractivity contribution in [1.29, 1.82) is 0 Å². The van der Waals surface area contributed by atoms with Gasteiger partial charge in [0, 0.05) is 51.4 Å². The summed E-state index contributed by atoms with van der Waals surface area (Å²) >= 11 is 1.23. The highest BCUT2D eigenvalue weighted by Crippen LogP contribution is 2.58. The van der Waals surface area contributed by atoms with Gasteiger partial charge in [-0.05, 0) is 17.5 Å². The van der Waals surface area contributed by atoms with Crippen molar-refractivity contribution < 1.29 is 46.3 Å². The van der Waals surface area contributed by atoms with Crippen molar-refractivity contribution in [2.45, 2.75) is 29.2 Å². The molecule has 1 aliphatic rings. The largest absolute Gasteiger partial charge is 0.474 e. The van der Waals surface area contributed by atoms with E-state index in [1.165, 1.54) is 35.8 Å². The second-order valence-corrected chi connectivity index (χ2v) is 12.9. The number of nitrogens with one attached hydrogen (secondary N) is 2. The molecule has 3 N–H and O–H groups in total. The van der Waals surface area contributed by atoms with E-state index in [1.807, 2.05) is 24.3 Å². The number of fused-ring (bicyclic) bond motifs is 1. The van der Waals surface area contributed by atoms with E-state index in [9.17, 15) is 28.0 Å². The Kier molecular flexibility index (Phi) is 10.6. The van der Waals surface area contributed by atoms with E-state index in [-0.39, 0.29) is 31.0 Å². The van der Waals surface area contributed by atoms with Crippen LogP contribution in [0.5, 0.6) is 0 Å². The molecule has 3 aromatic rings. The molecule has 16 heteroatoms. The monoisotopic (exact) mass is 640 g/mol. The number of aliphatic hydroxyl groups is 1. The molecule has 4 rings (SSSR count). The van der Waals surface area contributed by atoms with Gasteiger partial charge in [0.05, 0.1) is 18.0 Å². The summed E-state index contributed by atoms with van der Waals surface area (Å²) in [6.45, 7) is -0.901. The molecule has 0 bridgehead atoms. The number of benzene rings is 2. The number of aromatic nitrogens is 1. The van der Waals surface area contributed by atoms with Gasteiger partial charge in [0.2, 0.25) is 0 Å². The summed E-state index contributed by atoms with van der Waals surface area (Å²) < 4.78 is 59.9. The van der Waals surface area contributed by atoms with Gasteiger partial charge in [-0.2, -0.15) is 0 Å². The van der Waals surface area contributed by atoms with E-state index in [0.29, 0.717) is 0 Å². The molecule has 232 valence electrons. The Morgan fingerprint density at radius 3 is 2.60 bits per heavy atom. The number of pyridine rings is 1. The van der Waals surface area contributed by atoms with Crippen molar-refractivity contribution in [3.8, 4) is 0 Å². The van der Waals surface area contributed by atoms with Crippen molar-refractivity contribution in [2.24, 2.45) is 0 Å². The number of halogens is 2. The minimum atomic E-state index is -3.88. The average molecular weight is 641 g/mol. The number of hydrogen-bond acceptors (Lipinski definition) is 10. The fourth-order valence-electron chi connectivity index (χ4n) is 4.33. The zero-order valence-electron chi connectivity index (χ0n) is 23.5. The molecule has 12 nitrogen and oxygen atoms in total. The van der Waals surface area contributed by atoms with E-state index in [1.54, 1.807) is 12.3 Å². The van der Waals surface area contributed by atoms with Crippen LogP contribution < -0.4 is 10.6 Å². The number of anilines is 1. The Morgan fingerprint density at radius 1 is 1.16 bits per heavy atom. The summed E-state index contributed by atoms with van der Waals surface area (Å²) in [5, 5.41) is 17.1. The van der Waals surface area contributed by atoms with Crippen LogP contribution in [-0.4, -0.2) is 77.8 Å². The van der Waals surface area contributed by atoms with Crippen molar-refractivity contribution in [3.05, 3.63) is 71.9 Å². The second-order valence-electron chi connectivity index (χ2n) is 9.49. The first-order valence-corrected chi connectivity index (χ1v) is 15.3. The van der Waals surface area contributed by atoms with Crippen molar-refractivity contribution in [2.75, 3.05) is 39.8 Å². The van der Waals surface area contributed by atoms with Crippen LogP contribution in [0.25, 0.3) is 10.8 Å². The van der Waals surface area contributed by atoms with Gasteiger partial charge >= 0.3 is 19.9 Å². The summed E-state index contributed by atoms with van der Waals surface area (Å²) in [4.78, 5) is 30.0. The third-order valence-corrected chi connectivity index (χ3v) is 9.80. The summed E-state index contributed by atoms with van der Waals surface area (Å²) in [7, 11) is -0.175. The fourth-order valence-corrected chi connectivity index (χ4v) is 6.46. The van der Waals surface area contributed by atoms with Crippen LogP contribution in [-0.2, 0) is 29.4 Å². The molecule has 0 radical (unpaired) electrons. The quantitative estimate of drug-likeness (QED) is 0.174. The number of ether oxygens (including phenoxy) is 1. The molecule has 43 heavy (non-hydrogen) atoms. The molecular weight excluding hydrogens is 609 g/mol. The number of carbonyl (C=O) groups is 2. The van der Waals surface area contributed by atoms with E-state index >= 15 is 0 Å². The van der Waals surface area contributed by atoms with Gasteiger partial charge in [-0.15, -0.1) is 11.8 Å². The second kappa shape index (κ2) is 14.0. The molecule has 1 saturated heterocycles. The topological polar surface area (TPSA) is 149 Å². The predicted octanol–water partition coefficient (Wildman–Crippen LogP) is 4.88. The molecule has 2 heterocycles. The Morgan fingerprint density at radius 2 is 1.88 bits per heavy atom. The van der Waals surface area contributed by atoms with Gasteiger partial charge in [0.15, 0.2) is 11.6 Å². The number of phosphoric acid groups is 1. The van der Waals surface area contributed by atoms with Crippen LogP contribution in [0, 0.1) is 11.6 Å². The molecule has 0 spiro atoms. The number of nitrogens with zero attached hydrogens (tertiary/aromatic N) is 2. The Bertz CT molecular complexity index is 1510. The average Bonchev–Trinajstić information content (AvgIpc) is 3.72. The smallest absolute Gasteiger partial charge is 0.448 e. The van der Waals surface area contributed by atoms with Gasteiger partial charge in [-0.1, -0.05) is 36.4 Å². The van der Waals surface area contributed by atoms with Crippen LogP contribution in [0.2, 0.25) is 0 Å². The van der Waals surface area contributed by atoms with Crippen LogP contribution >= 0.6 is 19.6 Å². The molecular formula is C27H31F2N4O8PS. The standard InChI is InChI=1S/C27H31F2N4O8PS/c1-33(25(35)31-14-19-9-6-10-21(28)24(19)29)27(12-20(34)15-41-42(37,38-2)39-3)22(43-27)16-40-26(36)32-23-11-17-7-4-5-8-18(17)13-30-23/h4-11,13,20,22,34H,12,14-16H2,1-3H3,(H,31,35)(H,30,32,36)/t20-,22?,27-/m0/s1. The molecule has 0 aliphatic carbocycles. The zero-order valence-corrected chi connectivity index (χ0v) is 25.2. The lowest BCUT2D eigenvalue weighted by Crippen LogP contribution is -2.49. The van der Waals surface area contributed by atoms with E-state index in [2.05, 4.69) is 15.6 Å². The number of thioether (sulfide) groups is 1. The molecule has 1 unspecified atom stereocenters. The van der Waals surface area contributed by atoms with Gasteiger partial charge in [-0.3, -0.25) is 18.9 Å². The maximum atomic E-state index is 14.1. The maximum absolute atomic E-state index is 14.1. The highest BCUT2D eigenvalue weighted by molar-refractivity contribution is 8.08. The number of urea groups is 1. The van der Waals surface area contributed by atoms with Crippen LogP contribution in [0.15, 0.2) is 54.7 Å². The minimum Gasteiger partial charge on any atom is -0.448 e. The molecule has 1 fully saturated rings. The third-order valence-electron chi connectivity index (χ3n) is 6.75. The summed E-state index contributed by atoms with van der Waals surface area (Å²) in [6, 6.07) is 12.2. The fraction of sp³-hybridized carbons (Fsp3) is 0.370. The molecule has 3 amide bonds. The third kappa shape index (κ3) is 7.99. The van der Waals surface area contributed by atoms with Crippen LogP contribution in [0.1, 0.15) is 12.0 Å². The molecule has 2 aromatic carbocycles. The van der Waals surface area contributed by atoms with Gasteiger partial charge in [0.25, 0.3) is 0 Å². The number of hydrogen-bond donors (Lipinski definition) is 3. The molecule has 0 saturated carbocycles. The maximum Gasteiger partial charge on any atom is 0.474 e. The molecule has 3 atom stereocenters. The van der Waals surface area contributed by atoms with Crippen LogP contribution in [0.4, 0.5) is 24.2 Å². The van der Waals surface area contributed by atoms with Crippen molar-refractivity contribution >= 4 is 48.3 Å². The highest BCUT2D eigenvalue weighted by atomic mass is 32.2. The summed E-state index contributed by atoms with van der Waals surface area (Å²) in [6.07, 6.45) is -0.498. The zero-order chi connectivity index (χ0) is 31.2. The minimum absolute atomic E-state index is 0.0542. The van der Waals surface area contributed by atoms with E-state index < -0.39 is 54.4 Å². The van der Waals surface area contributed by atoms with E-state index in [4.69, 9.17) is 18.3 Å². The van der Waals surface area contributed by atoms with E-state index in [0.717, 1.165) is 31.1 Å². The molecule has 1 aliphatic heterocycles. The number of amides is 3. The Labute approximate surface area is 250 Å².